The number of hydrogen-bond donors (Lipinski definition) is 1. The van der Waals surface area contributed by atoms with Crippen molar-refractivity contribution < 1.29 is 14.3 Å². The molecule has 1 atom stereocenters. The summed E-state index contributed by atoms with van der Waals surface area (Å²) in [6.07, 6.45) is 0.859. The number of carbonyl (C=O) groups is 2. The summed E-state index contributed by atoms with van der Waals surface area (Å²) >= 11 is 0. The first-order chi connectivity index (χ1) is 9.08. The first-order valence-electron chi connectivity index (χ1n) is 6.30. The van der Waals surface area contributed by atoms with Gasteiger partial charge < -0.3 is 15.0 Å². The van der Waals surface area contributed by atoms with E-state index in [2.05, 4.69) is 5.32 Å². The Morgan fingerprint density at radius 2 is 2.21 bits per heavy atom. The molecule has 0 aromatic heterocycles. The number of nitrogens with zero attached hydrogens (tertiary/aromatic N) is 1. The van der Waals surface area contributed by atoms with Crippen LogP contribution in [-0.2, 0) is 4.74 Å². The number of amides is 2. The van der Waals surface area contributed by atoms with Crippen LogP contribution in [0.15, 0.2) is 24.3 Å². The number of hydrogen-bond acceptors (Lipinski definition) is 3. The number of likely N-dealkylation sites (N-methyl/N-ethyl adjacent to an activating group) is 1. The van der Waals surface area contributed by atoms with E-state index in [0.29, 0.717) is 24.5 Å². The molecule has 1 heterocycles. The van der Waals surface area contributed by atoms with Crippen LogP contribution in [0.1, 0.15) is 23.7 Å². The van der Waals surface area contributed by atoms with E-state index in [-0.39, 0.29) is 17.9 Å². The van der Waals surface area contributed by atoms with Crippen LogP contribution >= 0.6 is 0 Å². The Hall–Kier alpha value is -1.88. The van der Waals surface area contributed by atoms with Crippen LogP contribution in [0.5, 0.6) is 0 Å². The van der Waals surface area contributed by atoms with Crippen molar-refractivity contribution in [1.29, 1.82) is 0 Å². The molecule has 0 saturated carbocycles. The number of rotatable bonds is 3. The van der Waals surface area contributed by atoms with Crippen molar-refractivity contribution in [2.24, 2.45) is 0 Å². The highest BCUT2D eigenvalue weighted by atomic mass is 16.5. The third-order valence-electron chi connectivity index (χ3n) is 3.29. The Kier molecular flexibility index (Phi) is 4.16. The third kappa shape index (κ3) is 3.32. The second kappa shape index (κ2) is 5.84. The molecule has 1 aromatic carbocycles. The zero-order valence-corrected chi connectivity index (χ0v) is 11.2. The van der Waals surface area contributed by atoms with Crippen molar-refractivity contribution in [3.05, 3.63) is 29.8 Å². The molecule has 102 valence electrons. The summed E-state index contributed by atoms with van der Waals surface area (Å²) in [7, 11) is 1.75. The zero-order valence-electron chi connectivity index (χ0n) is 11.2. The SMILES string of the molecule is CC(=O)c1cccc(NC(=O)N(C)C2CCOC2)c1. The Bertz CT molecular complexity index is 481. The third-order valence-corrected chi connectivity index (χ3v) is 3.29. The van der Waals surface area contributed by atoms with Crippen LogP contribution in [0.3, 0.4) is 0 Å². The van der Waals surface area contributed by atoms with E-state index in [0.717, 1.165) is 6.42 Å². The standard InChI is InChI=1S/C14H18N2O3/c1-10(17)11-4-3-5-12(8-11)15-14(18)16(2)13-6-7-19-9-13/h3-5,8,13H,6-7,9H2,1-2H3,(H,15,18). The van der Waals surface area contributed by atoms with Crippen molar-refractivity contribution in [2.45, 2.75) is 19.4 Å². The highest BCUT2D eigenvalue weighted by Crippen LogP contribution is 2.15. The molecule has 2 rings (SSSR count). The highest BCUT2D eigenvalue weighted by molar-refractivity contribution is 5.96. The van der Waals surface area contributed by atoms with Crippen LogP contribution in [0.2, 0.25) is 0 Å². The lowest BCUT2D eigenvalue weighted by molar-refractivity contribution is 0.101. The number of ketones is 1. The van der Waals surface area contributed by atoms with Crippen LogP contribution in [0, 0.1) is 0 Å². The van der Waals surface area contributed by atoms with Gasteiger partial charge in [0.25, 0.3) is 0 Å². The normalized spacial score (nSPS) is 18.1. The van der Waals surface area contributed by atoms with Crippen molar-refractivity contribution >= 4 is 17.5 Å². The molecule has 1 fully saturated rings. The van der Waals surface area contributed by atoms with Crippen LogP contribution in [0.25, 0.3) is 0 Å². The van der Waals surface area contributed by atoms with Gasteiger partial charge in [0.15, 0.2) is 5.78 Å². The number of anilines is 1. The fraction of sp³-hybridized carbons (Fsp3) is 0.429. The molecule has 1 aliphatic rings. The molecule has 0 bridgehead atoms. The van der Waals surface area contributed by atoms with E-state index in [9.17, 15) is 9.59 Å². The van der Waals surface area contributed by atoms with Gasteiger partial charge in [0.1, 0.15) is 0 Å². The summed E-state index contributed by atoms with van der Waals surface area (Å²) in [5.41, 5.74) is 1.22. The lowest BCUT2D eigenvalue weighted by Gasteiger charge is -2.23. The Labute approximate surface area is 112 Å². The summed E-state index contributed by atoms with van der Waals surface area (Å²) < 4.78 is 5.26. The molecule has 0 spiro atoms. The van der Waals surface area contributed by atoms with Crippen LogP contribution in [-0.4, -0.2) is 43.0 Å². The minimum atomic E-state index is -0.184. The van der Waals surface area contributed by atoms with Gasteiger partial charge >= 0.3 is 6.03 Å². The smallest absolute Gasteiger partial charge is 0.321 e. The van der Waals surface area contributed by atoms with Gasteiger partial charge in [-0.05, 0) is 25.5 Å². The van der Waals surface area contributed by atoms with Gasteiger partial charge in [-0.15, -0.1) is 0 Å². The summed E-state index contributed by atoms with van der Waals surface area (Å²) in [4.78, 5) is 25.0. The maximum Gasteiger partial charge on any atom is 0.321 e. The Balaban J connectivity index is 2.01. The van der Waals surface area contributed by atoms with E-state index in [1.165, 1.54) is 6.92 Å². The van der Waals surface area contributed by atoms with E-state index in [4.69, 9.17) is 4.74 Å². The summed E-state index contributed by atoms with van der Waals surface area (Å²) in [6.45, 7) is 2.78. The molecule has 1 saturated heterocycles. The summed E-state index contributed by atoms with van der Waals surface area (Å²) in [6, 6.07) is 6.87. The zero-order chi connectivity index (χ0) is 13.8. The van der Waals surface area contributed by atoms with Gasteiger partial charge in [-0.2, -0.15) is 0 Å². The fourth-order valence-electron chi connectivity index (χ4n) is 2.02. The molecule has 2 amide bonds. The molecule has 5 nitrogen and oxygen atoms in total. The van der Waals surface area contributed by atoms with E-state index < -0.39 is 0 Å². The Morgan fingerprint density at radius 3 is 2.84 bits per heavy atom. The van der Waals surface area contributed by atoms with Crippen LogP contribution in [0.4, 0.5) is 10.5 Å². The first-order valence-corrected chi connectivity index (χ1v) is 6.30. The molecule has 1 unspecified atom stereocenters. The predicted octanol–water partition coefficient (Wildman–Crippen LogP) is 2.14. The molecule has 1 aliphatic heterocycles. The van der Waals surface area contributed by atoms with Gasteiger partial charge in [-0.1, -0.05) is 12.1 Å². The minimum absolute atomic E-state index is 0.0198. The average Bonchev–Trinajstić information content (AvgIpc) is 2.92. The maximum absolute atomic E-state index is 12.1. The number of benzene rings is 1. The molecular formula is C14H18N2O3. The topological polar surface area (TPSA) is 58.6 Å². The predicted molar refractivity (Wildman–Crippen MR) is 72.5 cm³/mol. The molecule has 1 N–H and O–H groups in total. The second-order valence-electron chi connectivity index (χ2n) is 4.70. The van der Waals surface area contributed by atoms with Crippen molar-refractivity contribution in [1.82, 2.24) is 4.90 Å². The number of carbonyl (C=O) groups excluding carboxylic acids is 2. The van der Waals surface area contributed by atoms with Crippen LogP contribution < -0.4 is 5.32 Å². The number of ether oxygens (including phenoxy) is 1. The van der Waals surface area contributed by atoms with Gasteiger partial charge in [0.05, 0.1) is 12.6 Å². The molecule has 19 heavy (non-hydrogen) atoms. The Morgan fingerprint density at radius 1 is 1.42 bits per heavy atom. The van der Waals surface area contributed by atoms with Crippen molar-refractivity contribution in [2.75, 3.05) is 25.6 Å². The summed E-state index contributed by atoms with van der Waals surface area (Å²) in [5, 5.41) is 2.79. The van der Waals surface area contributed by atoms with E-state index >= 15 is 0 Å². The number of urea groups is 1. The van der Waals surface area contributed by atoms with Crippen molar-refractivity contribution in [3.63, 3.8) is 0 Å². The quantitative estimate of drug-likeness (QED) is 0.849. The molecule has 0 radical (unpaired) electrons. The maximum atomic E-state index is 12.1. The molecule has 1 aromatic rings. The average molecular weight is 262 g/mol. The first kappa shape index (κ1) is 13.5. The largest absolute Gasteiger partial charge is 0.379 e. The molecule has 0 aliphatic carbocycles. The van der Waals surface area contributed by atoms with Gasteiger partial charge in [0.2, 0.25) is 0 Å². The molecule has 5 heteroatoms. The molecular weight excluding hydrogens is 244 g/mol. The van der Waals surface area contributed by atoms with Gasteiger partial charge in [-0.3, -0.25) is 4.79 Å². The van der Waals surface area contributed by atoms with E-state index in [1.807, 2.05) is 0 Å². The van der Waals surface area contributed by atoms with Gasteiger partial charge in [-0.25, -0.2) is 4.79 Å². The highest BCUT2D eigenvalue weighted by Gasteiger charge is 2.24. The van der Waals surface area contributed by atoms with Gasteiger partial charge in [0, 0.05) is 24.9 Å². The minimum Gasteiger partial charge on any atom is -0.379 e. The van der Waals surface area contributed by atoms with E-state index in [1.54, 1.807) is 36.2 Å². The fourth-order valence-corrected chi connectivity index (χ4v) is 2.02. The monoisotopic (exact) mass is 262 g/mol. The number of nitrogens with one attached hydrogen (secondary N) is 1. The van der Waals surface area contributed by atoms with Crippen molar-refractivity contribution in [3.8, 4) is 0 Å². The second-order valence-corrected chi connectivity index (χ2v) is 4.70. The lowest BCUT2D eigenvalue weighted by atomic mass is 10.1. The lowest BCUT2D eigenvalue weighted by Crippen LogP contribution is -2.40. The summed E-state index contributed by atoms with van der Waals surface area (Å²) in [5.74, 6) is -0.0198. The number of Topliss-reactive ketones (excluding diaryl/α,β-unsaturated/α-hetero) is 1.